The number of nitrogens with one attached hydrogen (secondary N) is 1. The highest BCUT2D eigenvalue weighted by atomic mass is 15.5. The van der Waals surface area contributed by atoms with Crippen LogP contribution < -0.4 is 5.32 Å². The van der Waals surface area contributed by atoms with Gasteiger partial charge >= 0.3 is 0 Å². The number of aromatic nitrogens is 3. The van der Waals surface area contributed by atoms with E-state index in [0.29, 0.717) is 5.92 Å². The fourth-order valence-electron chi connectivity index (χ4n) is 3.81. The zero-order valence-corrected chi connectivity index (χ0v) is 11.9. The maximum absolute atomic E-state index is 4.34. The van der Waals surface area contributed by atoms with E-state index >= 15 is 0 Å². The number of hydrogen-bond acceptors (Lipinski definition) is 4. The van der Waals surface area contributed by atoms with E-state index in [9.17, 15) is 0 Å². The van der Waals surface area contributed by atoms with E-state index in [1.54, 1.807) is 0 Å². The lowest BCUT2D eigenvalue weighted by Crippen LogP contribution is -2.59. The molecular weight excluding hydrogens is 238 g/mol. The van der Waals surface area contributed by atoms with Crippen LogP contribution in [0.25, 0.3) is 0 Å². The maximum atomic E-state index is 4.34. The molecule has 5 nitrogen and oxygen atoms in total. The Labute approximate surface area is 115 Å². The van der Waals surface area contributed by atoms with Crippen LogP contribution in [-0.2, 0) is 5.66 Å². The quantitative estimate of drug-likeness (QED) is 0.896. The van der Waals surface area contributed by atoms with Gasteiger partial charge in [-0.2, -0.15) is 0 Å². The molecular formula is C14H25N5. The van der Waals surface area contributed by atoms with Crippen molar-refractivity contribution in [1.82, 2.24) is 25.2 Å². The summed E-state index contributed by atoms with van der Waals surface area (Å²) in [5.41, 5.74) is -0.000972. The van der Waals surface area contributed by atoms with Crippen LogP contribution in [0.2, 0.25) is 0 Å². The lowest BCUT2D eigenvalue weighted by atomic mass is 9.79. The Bertz CT molecular complexity index is 359. The van der Waals surface area contributed by atoms with E-state index in [1.165, 1.54) is 32.1 Å². The molecule has 106 valence electrons. The third-order valence-corrected chi connectivity index (χ3v) is 5.02. The predicted octanol–water partition coefficient (Wildman–Crippen LogP) is 1.44. The molecule has 0 bridgehead atoms. The Morgan fingerprint density at radius 3 is 2.53 bits per heavy atom. The Balaban J connectivity index is 1.89. The maximum Gasteiger partial charge on any atom is 0.116 e. The molecule has 0 amide bonds. The third-order valence-electron chi connectivity index (χ3n) is 5.02. The van der Waals surface area contributed by atoms with Crippen molar-refractivity contribution in [3.63, 3.8) is 0 Å². The number of nitrogens with zero attached hydrogens (tertiary/aromatic N) is 4. The highest BCUT2D eigenvalue weighted by Gasteiger charge is 2.42. The van der Waals surface area contributed by atoms with Gasteiger partial charge in [0.2, 0.25) is 0 Å². The highest BCUT2D eigenvalue weighted by molar-refractivity contribution is 4.92. The molecule has 5 heteroatoms. The van der Waals surface area contributed by atoms with E-state index in [0.717, 1.165) is 26.2 Å². The summed E-state index contributed by atoms with van der Waals surface area (Å²) in [6, 6.07) is 0. The zero-order chi connectivity index (χ0) is 13.1. The molecule has 1 saturated carbocycles. The van der Waals surface area contributed by atoms with Gasteiger partial charge in [0.1, 0.15) is 5.66 Å². The fraction of sp³-hybridized carbons (Fsp3) is 0.857. The highest BCUT2D eigenvalue weighted by Crippen LogP contribution is 2.39. The second-order valence-corrected chi connectivity index (χ2v) is 6.01. The van der Waals surface area contributed by atoms with Crippen molar-refractivity contribution >= 4 is 0 Å². The van der Waals surface area contributed by atoms with Gasteiger partial charge in [0.05, 0.1) is 6.20 Å². The van der Waals surface area contributed by atoms with Crippen molar-refractivity contribution < 1.29 is 0 Å². The number of hydrogen-bond donors (Lipinski definition) is 1. The summed E-state index contributed by atoms with van der Waals surface area (Å²) in [5.74, 6) is 0.695. The summed E-state index contributed by atoms with van der Waals surface area (Å²) in [6.07, 6.45) is 10.6. The minimum absolute atomic E-state index is 0.000972. The molecule has 2 fully saturated rings. The monoisotopic (exact) mass is 263 g/mol. The second-order valence-electron chi connectivity index (χ2n) is 6.01. The SMILES string of the molecule is CC(C1CCCCC1)(N1CCNCC1)n1ccnn1. The van der Waals surface area contributed by atoms with Crippen LogP contribution >= 0.6 is 0 Å². The van der Waals surface area contributed by atoms with Crippen LogP contribution in [0, 0.1) is 5.92 Å². The minimum Gasteiger partial charge on any atom is -0.314 e. The van der Waals surface area contributed by atoms with E-state index in [2.05, 4.69) is 32.1 Å². The standard InChI is InChI=1S/C14H25N5/c1-14(19-12-9-16-17-19,13-5-3-2-4-6-13)18-10-7-15-8-11-18/h9,12-13,15H,2-8,10-11H2,1H3. The van der Waals surface area contributed by atoms with Gasteiger partial charge in [-0.3, -0.25) is 4.90 Å². The van der Waals surface area contributed by atoms with Gasteiger partial charge in [-0.15, -0.1) is 5.10 Å². The van der Waals surface area contributed by atoms with Crippen molar-refractivity contribution in [3.8, 4) is 0 Å². The van der Waals surface area contributed by atoms with Gasteiger partial charge < -0.3 is 5.32 Å². The number of piperazine rings is 1. The first kappa shape index (κ1) is 13.1. The largest absolute Gasteiger partial charge is 0.314 e. The van der Waals surface area contributed by atoms with E-state index < -0.39 is 0 Å². The van der Waals surface area contributed by atoms with Crippen LogP contribution in [0.4, 0.5) is 0 Å². The molecule has 1 atom stereocenters. The molecule has 1 aromatic heterocycles. The van der Waals surface area contributed by atoms with Crippen molar-refractivity contribution in [3.05, 3.63) is 12.4 Å². The van der Waals surface area contributed by atoms with Crippen LogP contribution in [0.3, 0.4) is 0 Å². The first-order chi connectivity index (χ1) is 9.32. The van der Waals surface area contributed by atoms with Gasteiger partial charge in [-0.05, 0) is 25.7 Å². The molecule has 1 aliphatic heterocycles. The Hall–Kier alpha value is -0.940. The van der Waals surface area contributed by atoms with Gasteiger partial charge in [0, 0.05) is 32.4 Å². The minimum atomic E-state index is -0.000972. The lowest BCUT2D eigenvalue weighted by Gasteiger charge is -2.49. The van der Waals surface area contributed by atoms with E-state index in [4.69, 9.17) is 0 Å². The summed E-state index contributed by atoms with van der Waals surface area (Å²) in [6.45, 7) is 6.73. The lowest BCUT2D eigenvalue weighted by molar-refractivity contribution is -0.0526. The summed E-state index contributed by atoms with van der Waals surface area (Å²) < 4.78 is 2.11. The second kappa shape index (κ2) is 5.59. The van der Waals surface area contributed by atoms with Crippen molar-refractivity contribution in [2.75, 3.05) is 26.2 Å². The summed E-state index contributed by atoms with van der Waals surface area (Å²) >= 11 is 0. The average Bonchev–Trinajstić information content (AvgIpc) is 3.03. The van der Waals surface area contributed by atoms with Crippen molar-refractivity contribution in [2.24, 2.45) is 5.92 Å². The number of rotatable bonds is 3. The van der Waals surface area contributed by atoms with Gasteiger partial charge in [-0.25, -0.2) is 4.68 Å². The van der Waals surface area contributed by atoms with Crippen molar-refractivity contribution in [1.29, 1.82) is 0 Å². The normalized spacial score (nSPS) is 26.2. The van der Waals surface area contributed by atoms with E-state index in [-0.39, 0.29) is 5.66 Å². The zero-order valence-electron chi connectivity index (χ0n) is 11.9. The first-order valence-corrected chi connectivity index (χ1v) is 7.64. The molecule has 1 unspecified atom stereocenters. The Kier molecular flexibility index (Phi) is 3.84. The van der Waals surface area contributed by atoms with Gasteiger partial charge in [0.25, 0.3) is 0 Å². The molecule has 1 aliphatic carbocycles. The Morgan fingerprint density at radius 2 is 1.89 bits per heavy atom. The molecule has 2 aliphatic rings. The molecule has 1 N–H and O–H groups in total. The predicted molar refractivity (Wildman–Crippen MR) is 74.7 cm³/mol. The van der Waals surface area contributed by atoms with E-state index in [1.807, 2.05) is 12.4 Å². The molecule has 3 rings (SSSR count). The molecule has 0 radical (unpaired) electrons. The van der Waals surface area contributed by atoms with Crippen LogP contribution in [-0.4, -0.2) is 46.1 Å². The van der Waals surface area contributed by atoms with Gasteiger partial charge in [0.15, 0.2) is 0 Å². The van der Waals surface area contributed by atoms with Crippen LogP contribution in [0.5, 0.6) is 0 Å². The summed E-state index contributed by atoms with van der Waals surface area (Å²) in [5, 5.41) is 11.8. The summed E-state index contributed by atoms with van der Waals surface area (Å²) in [7, 11) is 0. The van der Waals surface area contributed by atoms with Gasteiger partial charge in [-0.1, -0.05) is 24.5 Å². The molecule has 1 saturated heterocycles. The van der Waals surface area contributed by atoms with Crippen LogP contribution in [0.15, 0.2) is 12.4 Å². The first-order valence-electron chi connectivity index (χ1n) is 7.64. The molecule has 19 heavy (non-hydrogen) atoms. The Morgan fingerprint density at radius 1 is 1.16 bits per heavy atom. The smallest absolute Gasteiger partial charge is 0.116 e. The fourth-order valence-corrected chi connectivity index (χ4v) is 3.81. The summed E-state index contributed by atoms with van der Waals surface area (Å²) in [4.78, 5) is 2.61. The topological polar surface area (TPSA) is 46.0 Å². The van der Waals surface area contributed by atoms with Crippen molar-refractivity contribution in [2.45, 2.75) is 44.7 Å². The average molecular weight is 263 g/mol. The molecule has 0 aromatic carbocycles. The molecule has 2 heterocycles. The molecule has 0 spiro atoms. The molecule has 1 aromatic rings. The third kappa shape index (κ3) is 2.41. The van der Waals surface area contributed by atoms with Crippen LogP contribution in [0.1, 0.15) is 39.0 Å².